The highest BCUT2D eigenvalue weighted by molar-refractivity contribution is 5.78. The van der Waals surface area contributed by atoms with E-state index in [-0.39, 0.29) is 11.8 Å². The van der Waals surface area contributed by atoms with Crippen molar-refractivity contribution in [3.05, 3.63) is 24.3 Å². The number of benzene rings is 1. The molecule has 0 aromatic heterocycles. The lowest BCUT2D eigenvalue weighted by molar-refractivity contribution is -0.135. The number of hydrogen-bond donors (Lipinski definition) is 0. The van der Waals surface area contributed by atoms with Gasteiger partial charge in [0, 0.05) is 43.9 Å². The lowest BCUT2D eigenvalue weighted by Crippen LogP contribution is -2.50. The summed E-state index contributed by atoms with van der Waals surface area (Å²) in [5, 5.41) is 0. The van der Waals surface area contributed by atoms with Gasteiger partial charge in [0.2, 0.25) is 5.91 Å². The SMILES string of the molecule is CCC(C)C(=O)N1CCN(c2cccc(OC)c2)CC1. The van der Waals surface area contributed by atoms with Crippen molar-refractivity contribution in [3.63, 3.8) is 0 Å². The molecule has 0 radical (unpaired) electrons. The highest BCUT2D eigenvalue weighted by atomic mass is 16.5. The van der Waals surface area contributed by atoms with Crippen molar-refractivity contribution >= 4 is 11.6 Å². The zero-order valence-electron chi connectivity index (χ0n) is 12.6. The van der Waals surface area contributed by atoms with Gasteiger partial charge in [-0.1, -0.05) is 19.9 Å². The minimum absolute atomic E-state index is 0.137. The fourth-order valence-electron chi connectivity index (χ4n) is 2.48. The van der Waals surface area contributed by atoms with E-state index in [4.69, 9.17) is 4.74 Å². The zero-order chi connectivity index (χ0) is 14.5. The molecule has 20 heavy (non-hydrogen) atoms. The second-order valence-corrected chi connectivity index (χ2v) is 5.32. The van der Waals surface area contributed by atoms with Crippen LogP contribution >= 0.6 is 0 Å². The van der Waals surface area contributed by atoms with Crippen molar-refractivity contribution in [2.75, 3.05) is 38.2 Å². The van der Waals surface area contributed by atoms with Crippen LogP contribution in [0.1, 0.15) is 20.3 Å². The first-order chi connectivity index (χ1) is 9.65. The van der Waals surface area contributed by atoms with E-state index < -0.39 is 0 Å². The maximum Gasteiger partial charge on any atom is 0.225 e. The highest BCUT2D eigenvalue weighted by Crippen LogP contribution is 2.22. The molecule has 1 aromatic carbocycles. The second kappa shape index (κ2) is 6.64. The average molecular weight is 276 g/mol. The first-order valence-electron chi connectivity index (χ1n) is 7.33. The number of rotatable bonds is 4. The summed E-state index contributed by atoms with van der Waals surface area (Å²) in [7, 11) is 1.68. The van der Waals surface area contributed by atoms with Crippen molar-refractivity contribution in [2.45, 2.75) is 20.3 Å². The average Bonchev–Trinajstić information content (AvgIpc) is 2.53. The Morgan fingerprint density at radius 1 is 1.30 bits per heavy atom. The molecule has 0 aliphatic carbocycles. The molecule has 2 rings (SSSR count). The standard InChI is InChI=1S/C16H24N2O2/c1-4-13(2)16(19)18-10-8-17(9-11-18)14-6-5-7-15(12-14)20-3/h5-7,12-13H,4,8-11H2,1-3H3. The van der Waals surface area contributed by atoms with E-state index in [2.05, 4.69) is 17.9 Å². The number of anilines is 1. The largest absolute Gasteiger partial charge is 0.497 e. The van der Waals surface area contributed by atoms with Crippen LogP contribution in [0.3, 0.4) is 0 Å². The topological polar surface area (TPSA) is 32.8 Å². The summed E-state index contributed by atoms with van der Waals surface area (Å²) in [5.41, 5.74) is 1.17. The van der Waals surface area contributed by atoms with E-state index in [0.717, 1.165) is 38.3 Å². The van der Waals surface area contributed by atoms with Gasteiger partial charge in [-0.15, -0.1) is 0 Å². The van der Waals surface area contributed by atoms with Gasteiger partial charge >= 0.3 is 0 Å². The highest BCUT2D eigenvalue weighted by Gasteiger charge is 2.24. The van der Waals surface area contributed by atoms with Crippen molar-refractivity contribution in [3.8, 4) is 5.75 Å². The molecule has 0 N–H and O–H groups in total. The molecular formula is C16H24N2O2. The lowest BCUT2D eigenvalue weighted by Gasteiger charge is -2.37. The fraction of sp³-hybridized carbons (Fsp3) is 0.562. The Morgan fingerprint density at radius 3 is 2.60 bits per heavy atom. The number of hydrogen-bond acceptors (Lipinski definition) is 3. The predicted molar refractivity (Wildman–Crippen MR) is 81.2 cm³/mol. The van der Waals surface area contributed by atoms with Crippen molar-refractivity contribution < 1.29 is 9.53 Å². The van der Waals surface area contributed by atoms with Crippen LogP contribution < -0.4 is 9.64 Å². The number of carbonyl (C=O) groups excluding carboxylic acids is 1. The van der Waals surface area contributed by atoms with Gasteiger partial charge in [0.25, 0.3) is 0 Å². The number of carbonyl (C=O) groups is 1. The third-order valence-electron chi connectivity index (χ3n) is 4.04. The minimum atomic E-state index is 0.137. The van der Waals surface area contributed by atoms with E-state index >= 15 is 0 Å². The van der Waals surface area contributed by atoms with Crippen LogP contribution in [-0.2, 0) is 4.79 Å². The van der Waals surface area contributed by atoms with Crippen LogP contribution in [0.4, 0.5) is 5.69 Å². The van der Waals surface area contributed by atoms with Gasteiger partial charge in [0.05, 0.1) is 7.11 Å². The predicted octanol–water partition coefficient (Wildman–Crippen LogP) is 2.39. The molecule has 1 aromatic rings. The second-order valence-electron chi connectivity index (χ2n) is 5.32. The van der Waals surface area contributed by atoms with Crippen molar-refractivity contribution in [1.82, 2.24) is 4.90 Å². The number of piperazine rings is 1. The maximum atomic E-state index is 12.2. The quantitative estimate of drug-likeness (QED) is 0.846. The Morgan fingerprint density at radius 2 is 2.00 bits per heavy atom. The molecule has 0 bridgehead atoms. The van der Waals surface area contributed by atoms with Gasteiger partial charge in [-0.25, -0.2) is 0 Å². The number of nitrogens with zero attached hydrogens (tertiary/aromatic N) is 2. The molecule has 1 aliphatic heterocycles. The number of ether oxygens (including phenoxy) is 1. The lowest BCUT2D eigenvalue weighted by atomic mass is 10.1. The molecule has 1 aliphatic rings. The van der Waals surface area contributed by atoms with E-state index in [0.29, 0.717) is 0 Å². The maximum absolute atomic E-state index is 12.2. The molecule has 0 spiro atoms. The molecule has 110 valence electrons. The molecule has 1 amide bonds. The summed E-state index contributed by atoms with van der Waals surface area (Å²) >= 11 is 0. The van der Waals surface area contributed by atoms with E-state index in [1.54, 1.807) is 7.11 Å². The first kappa shape index (κ1) is 14.7. The summed E-state index contributed by atoms with van der Waals surface area (Å²) in [6.07, 6.45) is 0.912. The molecule has 1 unspecified atom stereocenters. The summed E-state index contributed by atoms with van der Waals surface area (Å²) < 4.78 is 5.26. The van der Waals surface area contributed by atoms with Crippen molar-refractivity contribution in [2.24, 2.45) is 5.92 Å². The fourth-order valence-corrected chi connectivity index (χ4v) is 2.48. The van der Waals surface area contributed by atoms with Crippen LogP contribution in [0, 0.1) is 5.92 Å². The van der Waals surface area contributed by atoms with Gasteiger partial charge in [-0.2, -0.15) is 0 Å². The Bertz CT molecular complexity index is 454. The monoisotopic (exact) mass is 276 g/mol. The third-order valence-corrected chi connectivity index (χ3v) is 4.04. The Balaban J connectivity index is 1.95. The molecule has 1 atom stereocenters. The van der Waals surface area contributed by atoms with E-state index in [1.807, 2.05) is 30.0 Å². The molecule has 4 heteroatoms. The molecule has 1 heterocycles. The van der Waals surface area contributed by atoms with Crippen LogP contribution in [0.2, 0.25) is 0 Å². The number of amides is 1. The molecular weight excluding hydrogens is 252 g/mol. The van der Waals surface area contributed by atoms with Gasteiger partial charge in [-0.05, 0) is 18.6 Å². The summed E-state index contributed by atoms with van der Waals surface area (Å²) in [6.45, 7) is 7.46. The molecule has 1 fully saturated rings. The van der Waals surface area contributed by atoms with Crippen LogP contribution in [0.25, 0.3) is 0 Å². The molecule has 1 saturated heterocycles. The van der Waals surface area contributed by atoms with Crippen LogP contribution in [0.15, 0.2) is 24.3 Å². The first-order valence-corrected chi connectivity index (χ1v) is 7.33. The summed E-state index contributed by atoms with van der Waals surface area (Å²) in [5.74, 6) is 1.30. The number of methoxy groups -OCH3 is 1. The Hall–Kier alpha value is -1.71. The van der Waals surface area contributed by atoms with Gasteiger partial charge < -0.3 is 14.5 Å². The van der Waals surface area contributed by atoms with Gasteiger partial charge in [0.15, 0.2) is 0 Å². The molecule has 4 nitrogen and oxygen atoms in total. The summed E-state index contributed by atoms with van der Waals surface area (Å²) in [6, 6.07) is 8.10. The normalized spacial score (nSPS) is 16.9. The van der Waals surface area contributed by atoms with Crippen molar-refractivity contribution in [1.29, 1.82) is 0 Å². The smallest absolute Gasteiger partial charge is 0.225 e. The van der Waals surface area contributed by atoms with Crippen LogP contribution in [0.5, 0.6) is 5.75 Å². The Labute approximate surface area is 121 Å². The van der Waals surface area contributed by atoms with E-state index in [9.17, 15) is 4.79 Å². The third kappa shape index (κ3) is 3.24. The van der Waals surface area contributed by atoms with Crippen LogP contribution in [-0.4, -0.2) is 44.1 Å². The molecule has 0 saturated carbocycles. The zero-order valence-corrected chi connectivity index (χ0v) is 12.6. The minimum Gasteiger partial charge on any atom is -0.497 e. The summed E-state index contributed by atoms with van der Waals surface area (Å²) in [4.78, 5) is 16.5. The van der Waals surface area contributed by atoms with Gasteiger partial charge in [0.1, 0.15) is 5.75 Å². The van der Waals surface area contributed by atoms with E-state index in [1.165, 1.54) is 5.69 Å². The Kier molecular flexibility index (Phi) is 4.88. The van der Waals surface area contributed by atoms with Gasteiger partial charge in [-0.3, -0.25) is 4.79 Å².